The number of nitrogens with two attached hydrogens (primary N) is 1. The van der Waals surface area contributed by atoms with Crippen LogP contribution < -0.4 is 5.73 Å². The second-order valence-electron chi connectivity index (χ2n) is 4.90. The molecule has 2 aliphatic heterocycles. The molecule has 0 aromatic rings. The van der Waals surface area contributed by atoms with Crippen LogP contribution in [0.25, 0.3) is 0 Å². The van der Waals surface area contributed by atoms with E-state index in [2.05, 4.69) is 16.8 Å². The molecule has 1 saturated carbocycles. The molecule has 3 aliphatic rings. The Morgan fingerprint density at radius 3 is 2.93 bits per heavy atom. The fourth-order valence-electron chi connectivity index (χ4n) is 2.80. The van der Waals surface area contributed by atoms with E-state index in [0.29, 0.717) is 12.1 Å². The molecular formula is C10H17N3O. The first-order chi connectivity index (χ1) is 6.69. The monoisotopic (exact) mass is 195 g/mol. The Balaban J connectivity index is 1.73. The van der Waals surface area contributed by atoms with Crippen LogP contribution in [0, 0.1) is 0 Å². The molecule has 1 aliphatic carbocycles. The minimum atomic E-state index is -0.0773. The van der Waals surface area contributed by atoms with E-state index >= 15 is 0 Å². The van der Waals surface area contributed by atoms with Gasteiger partial charge in [0.1, 0.15) is 5.60 Å². The van der Waals surface area contributed by atoms with Crippen molar-refractivity contribution in [3.63, 3.8) is 0 Å². The van der Waals surface area contributed by atoms with Gasteiger partial charge in [-0.25, -0.2) is 4.99 Å². The standard InChI is InChI=1S/C10H17N3O/c1-7-4-10(5-12-9(11)14-10)6-13(7)8-2-3-8/h7-8H,2-6H2,1H3,(H2,11,12). The summed E-state index contributed by atoms with van der Waals surface area (Å²) < 4.78 is 5.67. The van der Waals surface area contributed by atoms with Crippen molar-refractivity contribution in [1.82, 2.24) is 4.90 Å². The van der Waals surface area contributed by atoms with E-state index in [-0.39, 0.29) is 5.60 Å². The zero-order chi connectivity index (χ0) is 9.76. The smallest absolute Gasteiger partial charge is 0.282 e. The molecule has 4 nitrogen and oxygen atoms in total. The molecule has 14 heavy (non-hydrogen) atoms. The number of hydrogen-bond acceptors (Lipinski definition) is 4. The zero-order valence-electron chi connectivity index (χ0n) is 8.57. The van der Waals surface area contributed by atoms with E-state index in [4.69, 9.17) is 10.5 Å². The number of ether oxygens (including phenoxy) is 1. The Labute approximate surface area is 84.1 Å². The highest BCUT2D eigenvalue weighted by molar-refractivity contribution is 5.73. The van der Waals surface area contributed by atoms with Crippen molar-refractivity contribution in [3.8, 4) is 0 Å². The number of amidine groups is 1. The predicted molar refractivity (Wildman–Crippen MR) is 54.1 cm³/mol. The van der Waals surface area contributed by atoms with Gasteiger partial charge in [-0.1, -0.05) is 0 Å². The number of likely N-dealkylation sites (tertiary alicyclic amines) is 1. The van der Waals surface area contributed by atoms with Crippen molar-refractivity contribution in [3.05, 3.63) is 0 Å². The SMILES string of the molecule is CC1CC2(CN=C(N)O2)CN1C1CC1. The van der Waals surface area contributed by atoms with Gasteiger partial charge in [0.25, 0.3) is 6.02 Å². The molecule has 2 fully saturated rings. The summed E-state index contributed by atoms with van der Waals surface area (Å²) in [5.74, 6) is 0. The summed E-state index contributed by atoms with van der Waals surface area (Å²) in [5, 5.41) is 0. The maximum absolute atomic E-state index is 5.67. The van der Waals surface area contributed by atoms with Gasteiger partial charge in [0.05, 0.1) is 6.54 Å². The molecule has 2 unspecified atom stereocenters. The first-order valence-electron chi connectivity index (χ1n) is 5.43. The molecule has 78 valence electrons. The van der Waals surface area contributed by atoms with Crippen LogP contribution in [0.4, 0.5) is 0 Å². The summed E-state index contributed by atoms with van der Waals surface area (Å²) in [4.78, 5) is 6.73. The minimum Gasteiger partial charge on any atom is -0.455 e. The van der Waals surface area contributed by atoms with Crippen molar-refractivity contribution >= 4 is 6.02 Å². The van der Waals surface area contributed by atoms with Crippen molar-refractivity contribution in [2.45, 2.75) is 43.9 Å². The highest BCUT2D eigenvalue weighted by atomic mass is 16.5. The Morgan fingerprint density at radius 1 is 1.57 bits per heavy atom. The van der Waals surface area contributed by atoms with E-state index in [1.54, 1.807) is 0 Å². The van der Waals surface area contributed by atoms with Crippen molar-refractivity contribution in [2.75, 3.05) is 13.1 Å². The van der Waals surface area contributed by atoms with Crippen LogP contribution in [0.2, 0.25) is 0 Å². The second-order valence-corrected chi connectivity index (χ2v) is 4.90. The summed E-state index contributed by atoms with van der Waals surface area (Å²) in [6.45, 7) is 4.06. The lowest BCUT2D eigenvalue weighted by Crippen LogP contribution is -2.38. The largest absolute Gasteiger partial charge is 0.455 e. The molecule has 1 spiro atoms. The summed E-state index contributed by atoms with van der Waals surface area (Å²) in [6, 6.07) is 1.83. The lowest BCUT2D eigenvalue weighted by molar-refractivity contribution is 0.0920. The maximum atomic E-state index is 5.67. The van der Waals surface area contributed by atoms with Crippen LogP contribution in [0.15, 0.2) is 4.99 Å². The first-order valence-corrected chi connectivity index (χ1v) is 5.43. The fourth-order valence-corrected chi connectivity index (χ4v) is 2.80. The molecule has 4 heteroatoms. The van der Waals surface area contributed by atoms with E-state index in [1.165, 1.54) is 12.8 Å². The molecule has 2 atom stereocenters. The van der Waals surface area contributed by atoms with Gasteiger partial charge >= 0.3 is 0 Å². The van der Waals surface area contributed by atoms with Crippen molar-refractivity contribution in [1.29, 1.82) is 0 Å². The number of nitrogens with zero attached hydrogens (tertiary/aromatic N) is 2. The normalized spacial score (nSPS) is 42.9. The number of rotatable bonds is 1. The van der Waals surface area contributed by atoms with E-state index in [0.717, 1.165) is 25.6 Å². The van der Waals surface area contributed by atoms with Crippen molar-refractivity contribution in [2.24, 2.45) is 10.7 Å². The van der Waals surface area contributed by atoms with Crippen LogP contribution in [0.5, 0.6) is 0 Å². The second kappa shape index (κ2) is 2.63. The number of hydrogen-bond donors (Lipinski definition) is 1. The molecular weight excluding hydrogens is 178 g/mol. The summed E-state index contributed by atoms with van der Waals surface area (Å²) in [7, 11) is 0. The van der Waals surface area contributed by atoms with Gasteiger partial charge in [0.2, 0.25) is 0 Å². The molecule has 0 radical (unpaired) electrons. The van der Waals surface area contributed by atoms with Gasteiger partial charge in [-0.05, 0) is 19.8 Å². The quantitative estimate of drug-likeness (QED) is 0.656. The van der Waals surface area contributed by atoms with Gasteiger partial charge in [0, 0.05) is 25.0 Å². The average Bonchev–Trinajstić information content (AvgIpc) is 2.84. The van der Waals surface area contributed by atoms with Crippen LogP contribution in [0.1, 0.15) is 26.2 Å². The molecule has 1 saturated heterocycles. The van der Waals surface area contributed by atoms with E-state index < -0.39 is 0 Å². The van der Waals surface area contributed by atoms with Crippen LogP contribution in [-0.4, -0.2) is 41.7 Å². The minimum absolute atomic E-state index is 0.0773. The Bertz CT molecular complexity index is 287. The molecule has 0 aromatic carbocycles. The molecule has 3 rings (SSSR count). The molecule has 2 N–H and O–H groups in total. The van der Waals surface area contributed by atoms with Gasteiger partial charge in [-0.3, -0.25) is 4.90 Å². The van der Waals surface area contributed by atoms with E-state index in [9.17, 15) is 0 Å². The van der Waals surface area contributed by atoms with Crippen molar-refractivity contribution < 1.29 is 4.74 Å². The Morgan fingerprint density at radius 2 is 2.36 bits per heavy atom. The Kier molecular flexibility index (Phi) is 1.60. The fraction of sp³-hybridized carbons (Fsp3) is 0.900. The lowest BCUT2D eigenvalue weighted by Gasteiger charge is -2.23. The third-order valence-corrected chi connectivity index (χ3v) is 3.56. The first kappa shape index (κ1) is 8.53. The molecule has 0 amide bonds. The maximum Gasteiger partial charge on any atom is 0.282 e. The topological polar surface area (TPSA) is 50.9 Å². The molecule has 0 bridgehead atoms. The highest BCUT2D eigenvalue weighted by Gasteiger charge is 2.50. The zero-order valence-corrected chi connectivity index (χ0v) is 8.57. The highest BCUT2D eigenvalue weighted by Crippen LogP contribution is 2.40. The predicted octanol–water partition coefficient (Wildman–Crippen LogP) is 0.327. The summed E-state index contributed by atoms with van der Waals surface area (Å²) in [6.07, 6.45) is 3.79. The van der Waals surface area contributed by atoms with E-state index in [1.807, 2.05) is 0 Å². The van der Waals surface area contributed by atoms with Crippen LogP contribution in [0.3, 0.4) is 0 Å². The third-order valence-electron chi connectivity index (χ3n) is 3.56. The number of aliphatic imine (C=N–C) groups is 1. The summed E-state index contributed by atoms with van der Waals surface area (Å²) in [5.41, 5.74) is 5.50. The summed E-state index contributed by atoms with van der Waals surface area (Å²) >= 11 is 0. The van der Waals surface area contributed by atoms with Gasteiger partial charge in [0.15, 0.2) is 0 Å². The lowest BCUT2D eigenvalue weighted by atomic mass is 10.0. The van der Waals surface area contributed by atoms with Crippen LogP contribution >= 0.6 is 0 Å². The van der Waals surface area contributed by atoms with Gasteiger partial charge in [-0.2, -0.15) is 0 Å². The molecule has 2 heterocycles. The third kappa shape index (κ3) is 1.21. The van der Waals surface area contributed by atoms with Gasteiger partial charge < -0.3 is 10.5 Å². The van der Waals surface area contributed by atoms with Gasteiger partial charge in [-0.15, -0.1) is 0 Å². The Hall–Kier alpha value is -0.770. The average molecular weight is 195 g/mol. The van der Waals surface area contributed by atoms with Crippen LogP contribution in [-0.2, 0) is 4.74 Å². The molecule has 0 aromatic heterocycles.